The van der Waals surface area contributed by atoms with Gasteiger partial charge in [-0.25, -0.2) is 4.68 Å². The molecular weight excluding hydrogens is 254 g/mol. The molecule has 0 amide bonds. The third kappa shape index (κ3) is 2.77. The monoisotopic (exact) mass is 275 g/mol. The zero-order valence-corrected chi connectivity index (χ0v) is 12.4. The fraction of sp³-hybridized carbons (Fsp3) is 0.400. The number of hydrogen-bond donors (Lipinski definition) is 1. The van der Waals surface area contributed by atoms with E-state index < -0.39 is 0 Å². The molecule has 0 saturated heterocycles. The Kier molecular flexibility index (Phi) is 4.63. The Morgan fingerprint density at radius 2 is 2.05 bits per heavy atom. The van der Waals surface area contributed by atoms with Gasteiger partial charge in [0.1, 0.15) is 17.2 Å². The Morgan fingerprint density at radius 1 is 1.25 bits per heavy atom. The van der Waals surface area contributed by atoms with E-state index in [-0.39, 0.29) is 0 Å². The summed E-state index contributed by atoms with van der Waals surface area (Å²) in [6.45, 7) is 5.89. The minimum atomic E-state index is 0.770. The summed E-state index contributed by atoms with van der Waals surface area (Å²) in [5.74, 6) is 1.55. The van der Waals surface area contributed by atoms with Gasteiger partial charge in [0, 0.05) is 23.9 Å². The zero-order chi connectivity index (χ0) is 14.5. The summed E-state index contributed by atoms with van der Waals surface area (Å²) in [6, 6.07) is 5.69. The second kappa shape index (κ2) is 6.43. The van der Waals surface area contributed by atoms with Crippen molar-refractivity contribution in [2.45, 2.75) is 20.4 Å². The fourth-order valence-corrected chi connectivity index (χ4v) is 2.08. The van der Waals surface area contributed by atoms with Gasteiger partial charge in [-0.05, 0) is 25.6 Å². The van der Waals surface area contributed by atoms with Gasteiger partial charge in [-0.15, -0.1) is 0 Å². The first-order chi connectivity index (χ1) is 9.71. The Bertz CT molecular complexity index is 578. The number of hydrogen-bond acceptors (Lipinski definition) is 4. The molecule has 0 radical (unpaired) electrons. The molecule has 1 N–H and O–H groups in total. The minimum Gasteiger partial charge on any atom is -0.497 e. The van der Waals surface area contributed by atoms with Gasteiger partial charge in [-0.3, -0.25) is 0 Å². The number of methoxy groups -OCH3 is 2. The lowest BCUT2D eigenvalue weighted by molar-refractivity contribution is 0.400. The molecule has 0 fully saturated rings. The maximum absolute atomic E-state index is 5.41. The number of nitrogens with one attached hydrogen (secondary N) is 1. The summed E-state index contributed by atoms with van der Waals surface area (Å²) in [5.41, 5.74) is 3.15. The van der Waals surface area contributed by atoms with Crippen LogP contribution in [0.25, 0.3) is 5.69 Å². The van der Waals surface area contributed by atoms with E-state index in [4.69, 9.17) is 9.47 Å². The lowest BCUT2D eigenvalue weighted by Gasteiger charge is -2.12. The van der Waals surface area contributed by atoms with Gasteiger partial charge in [0.15, 0.2) is 0 Å². The van der Waals surface area contributed by atoms with E-state index in [1.807, 2.05) is 29.1 Å². The first-order valence-corrected chi connectivity index (χ1v) is 6.67. The molecule has 0 atom stereocenters. The highest BCUT2D eigenvalue weighted by Crippen LogP contribution is 2.28. The predicted octanol–water partition coefficient (Wildman–Crippen LogP) is 2.31. The van der Waals surface area contributed by atoms with Gasteiger partial charge in [0.25, 0.3) is 0 Å². The largest absolute Gasteiger partial charge is 0.497 e. The van der Waals surface area contributed by atoms with Crippen LogP contribution in [-0.4, -0.2) is 30.5 Å². The van der Waals surface area contributed by atoms with E-state index in [1.54, 1.807) is 14.2 Å². The van der Waals surface area contributed by atoms with Gasteiger partial charge >= 0.3 is 0 Å². The number of aromatic nitrogens is 2. The molecule has 2 rings (SSSR count). The maximum atomic E-state index is 5.41. The van der Waals surface area contributed by atoms with Crippen LogP contribution in [0.4, 0.5) is 0 Å². The van der Waals surface area contributed by atoms with Crippen LogP contribution >= 0.6 is 0 Å². The normalized spacial score (nSPS) is 10.6. The number of ether oxygens (including phenoxy) is 2. The molecule has 5 heteroatoms. The quantitative estimate of drug-likeness (QED) is 0.879. The van der Waals surface area contributed by atoms with E-state index in [0.29, 0.717) is 0 Å². The molecular formula is C15H21N3O2. The predicted molar refractivity (Wildman–Crippen MR) is 78.8 cm³/mol. The molecule has 0 aliphatic carbocycles. The number of benzene rings is 1. The van der Waals surface area contributed by atoms with Gasteiger partial charge in [-0.1, -0.05) is 6.92 Å². The molecule has 0 aliphatic heterocycles. The van der Waals surface area contributed by atoms with Crippen LogP contribution in [0.5, 0.6) is 11.5 Å². The van der Waals surface area contributed by atoms with Crippen molar-refractivity contribution in [3.05, 3.63) is 35.7 Å². The second-order valence-electron chi connectivity index (χ2n) is 4.49. The average molecular weight is 275 g/mol. The lowest BCUT2D eigenvalue weighted by atomic mass is 10.2. The third-order valence-corrected chi connectivity index (χ3v) is 3.29. The molecule has 0 spiro atoms. The van der Waals surface area contributed by atoms with Crippen molar-refractivity contribution >= 4 is 0 Å². The van der Waals surface area contributed by atoms with Crippen molar-refractivity contribution in [1.29, 1.82) is 0 Å². The Labute approximate surface area is 119 Å². The summed E-state index contributed by atoms with van der Waals surface area (Å²) in [4.78, 5) is 0. The fourth-order valence-electron chi connectivity index (χ4n) is 2.08. The van der Waals surface area contributed by atoms with Crippen LogP contribution in [0.3, 0.4) is 0 Å². The molecule has 108 valence electrons. The Morgan fingerprint density at radius 3 is 2.70 bits per heavy atom. The molecule has 20 heavy (non-hydrogen) atoms. The summed E-state index contributed by atoms with van der Waals surface area (Å²) in [5, 5.41) is 7.78. The first kappa shape index (κ1) is 14.4. The van der Waals surface area contributed by atoms with Crippen molar-refractivity contribution in [1.82, 2.24) is 15.1 Å². The molecule has 1 aromatic carbocycles. The molecule has 1 aromatic heterocycles. The van der Waals surface area contributed by atoms with Gasteiger partial charge in [0.2, 0.25) is 0 Å². The molecule has 0 unspecified atom stereocenters. The number of nitrogens with zero attached hydrogens (tertiary/aromatic N) is 2. The highest BCUT2D eigenvalue weighted by atomic mass is 16.5. The van der Waals surface area contributed by atoms with Crippen LogP contribution < -0.4 is 14.8 Å². The van der Waals surface area contributed by atoms with Crippen LogP contribution in [-0.2, 0) is 6.54 Å². The maximum Gasteiger partial charge on any atom is 0.144 e. The summed E-state index contributed by atoms with van der Waals surface area (Å²) in [7, 11) is 3.31. The molecule has 1 heterocycles. The van der Waals surface area contributed by atoms with E-state index in [9.17, 15) is 0 Å². The van der Waals surface area contributed by atoms with Crippen molar-refractivity contribution in [2.24, 2.45) is 0 Å². The first-order valence-electron chi connectivity index (χ1n) is 6.67. The van der Waals surface area contributed by atoms with Crippen LogP contribution in [0.15, 0.2) is 24.4 Å². The highest BCUT2D eigenvalue weighted by Gasteiger charge is 2.13. The lowest BCUT2D eigenvalue weighted by Crippen LogP contribution is -2.12. The van der Waals surface area contributed by atoms with Gasteiger partial charge in [-0.2, -0.15) is 5.10 Å². The van der Waals surface area contributed by atoms with Crippen molar-refractivity contribution in [3.63, 3.8) is 0 Å². The Hall–Kier alpha value is -2.01. The molecule has 0 aliphatic rings. The third-order valence-electron chi connectivity index (χ3n) is 3.29. The molecule has 0 saturated carbocycles. The SMILES string of the molecule is CCNCc1cnn(-c2cc(OC)ccc2OC)c1C. The smallest absolute Gasteiger partial charge is 0.144 e. The van der Waals surface area contributed by atoms with E-state index in [1.165, 1.54) is 5.56 Å². The topological polar surface area (TPSA) is 48.3 Å². The summed E-state index contributed by atoms with van der Waals surface area (Å²) < 4.78 is 12.6. The van der Waals surface area contributed by atoms with Crippen molar-refractivity contribution in [3.8, 4) is 17.2 Å². The molecule has 0 bridgehead atoms. The molecule has 5 nitrogen and oxygen atoms in total. The molecule has 2 aromatic rings. The van der Waals surface area contributed by atoms with E-state index >= 15 is 0 Å². The number of rotatable bonds is 6. The van der Waals surface area contributed by atoms with Gasteiger partial charge in [0.05, 0.1) is 20.4 Å². The van der Waals surface area contributed by atoms with E-state index in [2.05, 4.69) is 24.3 Å². The zero-order valence-electron chi connectivity index (χ0n) is 12.4. The van der Waals surface area contributed by atoms with Crippen LogP contribution in [0.1, 0.15) is 18.2 Å². The summed E-state index contributed by atoms with van der Waals surface area (Å²) >= 11 is 0. The van der Waals surface area contributed by atoms with Crippen LogP contribution in [0, 0.1) is 6.92 Å². The van der Waals surface area contributed by atoms with Crippen molar-refractivity contribution < 1.29 is 9.47 Å². The standard InChI is InChI=1S/C15H21N3O2/c1-5-16-9-12-10-17-18(11(12)2)14-8-13(19-3)6-7-15(14)20-4/h6-8,10,16H,5,9H2,1-4H3. The summed E-state index contributed by atoms with van der Waals surface area (Å²) in [6.07, 6.45) is 1.89. The minimum absolute atomic E-state index is 0.770. The van der Waals surface area contributed by atoms with Crippen molar-refractivity contribution in [2.75, 3.05) is 20.8 Å². The van der Waals surface area contributed by atoms with Crippen LogP contribution in [0.2, 0.25) is 0 Å². The second-order valence-corrected chi connectivity index (χ2v) is 4.49. The Balaban J connectivity index is 2.42. The van der Waals surface area contributed by atoms with Gasteiger partial charge < -0.3 is 14.8 Å². The van der Waals surface area contributed by atoms with E-state index in [0.717, 1.165) is 36.0 Å². The average Bonchev–Trinajstić information content (AvgIpc) is 2.85. The highest BCUT2D eigenvalue weighted by molar-refractivity contribution is 5.52.